The van der Waals surface area contributed by atoms with Crippen molar-refractivity contribution in [3.63, 3.8) is 0 Å². The van der Waals surface area contributed by atoms with Gasteiger partial charge in [0, 0.05) is 38.0 Å². The van der Waals surface area contributed by atoms with Crippen LogP contribution in [0.5, 0.6) is 0 Å². The highest BCUT2D eigenvalue weighted by Gasteiger charge is 2.16. The third kappa shape index (κ3) is 4.46. The highest BCUT2D eigenvalue weighted by molar-refractivity contribution is 5.97. The molecule has 0 saturated heterocycles. The number of likely N-dealkylation sites (N-methyl/N-ethyl adjacent to an activating group) is 1. The molecule has 2 N–H and O–H groups in total. The zero-order chi connectivity index (χ0) is 15.1. The van der Waals surface area contributed by atoms with Gasteiger partial charge in [0.1, 0.15) is 0 Å². The van der Waals surface area contributed by atoms with E-state index < -0.39 is 0 Å². The number of hydrogen-bond acceptors (Lipinski definition) is 3. The van der Waals surface area contributed by atoms with Crippen LogP contribution in [0.2, 0.25) is 0 Å². The van der Waals surface area contributed by atoms with Gasteiger partial charge in [0.05, 0.1) is 0 Å². The first-order valence-electron chi connectivity index (χ1n) is 7.07. The fraction of sp³-hybridized carbons (Fsp3) is 0.500. The minimum atomic E-state index is -0.0403. The monoisotopic (exact) mass is 276 g/mol. The topological polar surface area (TPSA) is 63.4 Å². The molecule has 1 aromatic rings. The average molecular weight is 276 g/mol. The lowest BCUT2D eigenvalue weighted by Gasteiger charge is -2.23. The number of rotatable bonds is 7. The molecule has 0 heterocycles. The smallest absolute Gasteiger partial charge is 0.223 e. The molecule has 1 rings (SSSR count). The van der Waals surface area contributed by atoms with E-state index in [9.17, 15) is 9.59 Å². The predicted octanol–water partition coefficient (Wildman–Crippen LogP) is 2.02. The van der Waals surface area contributed by atoms with E-state index in [2.05, 4.69) is 6.92 Å². The van der Waals surface area contributed by atoms with E-state index in [0.717, 1.165) is 6.42 Å². The minimum absolute atomic E-state index is 0.00133. The van der Waals surface area contributed by atoms with Gasteiger partial charge in [-0.1, -0.05) is 31.2 Å². The molecule has 110 valence electrons. The van der Waals surface area contributed by atoms with E-state index in [1.54, 1.807) is 11.9 Å². The van der Waals surface area contributed by atoms with Crippen molar-refractivity contribution in [2.24, 2.45) is 5.73 Å². The summed E-state index contributed by atoms with van der Waals surface area (Å²) < 4.78 is 0. The highest BCUT2D eigenvalue weighted by atomic mass is 16.2. The number of aryl methyl sites for hydroxylation is 1. The Hall–Kier alpha value is -1.68. The average Bonchev–Trinajstić information content (AvgIpc) is 2.50. The molecule has 0 saturated carbocycles. The van der Waals surface area contributed by atoms with Crippen molar-refractivity contribution >= 4 is 11.7 Å². The predicted molar refractivity (Wildman–Crippen MR) is 80.7 cm³/mol. The molecule has 0 aliphatic rings. The van der Waals surface area contributed by atoms with Crippen molar-refractivity contribution in [2.45, 2.75) is 39.2 Å². The zero-order valence-electron chi connectivity index (χ0n) is 12.6. The third-order valence-corrected chi connectivity index (χ3v) is 3.65. The van der Waals surface area contributed by atoms with E-state index >= 15 is 0 Å². The molecule has 1 amide bonds. The van der Waals surface area contributed by atoms with Crippen LogP contribution in [0.1, 0.15) is 42.6 Å². The van der Waals surface area contributed by atoms with Crippen LogP contribution in [0.25, 0.3) is 0 Å². The summed E-state index contributed by atoms with van der Waals surface area (Å²) in [6.45, 7) is 4.39. The van der Waals surface area contributed by atoms with Gasteiger partial charge in [-0.05, 0) is 18.9 Å². The second kappa shape index (κ2) is 7.80. The lowest BCUT2D eigenvalue weighted by molar-refractivity contribution is -0.131. The molecule has 0 radical (unpaired) electrons. The number of nitrogens with two attached hydrogens (primary N) is 1. The summed E-state index contributed by atoms with van der Waals surface area (Å²) in [5.41, 5.74) is 7.40. The number of nitrogens with zero attached hydrogens (tertiary/aromatic N) is 1. The molecular weight excluding hydrogens is 252 g/mol. The van der Waals surface area contributed by atoms with Gasteiger partial charge in [0.25, 0.3) is 0 Å². The number of benzene rings is 1. The molecule has 0 aromatic heterocycles. The summed E-state index contributed by atoms with van der Waals surface area (Å²) in [4.78, 5) is 25.5. The summed E-state index contributed by atoms with van der Waals surface area (Å²) in [6.07, 6.45) is 1.43. The first-order chi connectivity index (χ1) is 9.49. The van der Waals surface area contributed by atoms with Crippen LogP contribution in [0.3, 0.4) is 0 Å². The van der Waals surface area contributed by atoms with Crippen LogP contribution in [0.4, 0.5) is 0 Å². The normalized spacial score (nSPS) is 12.0. The molecular formula is C16H24N2O2. The Kier molecular flexibility index (Phi) is 6.39. The summed E-state index contributed by atoms with van der Waals surface area (Å²) >= 11 is 0. The Labute approximate surface area is 121 Å². The van der Waals surface area contributed by atoms with Crippen molar-refractivity contribution in [2.75, 3.05) is 13.6 Å². The summed E-state index contributed by atoms with van der Waals surface area (Å²) in [5, 5.41) is 0. The van der Waals surface area contributed by atoms with Crippen LogP contribution in [0.15, 0.2) is 24.3 Å². The Morgan fingerprint density at radius 2 is 1.80 bits per heavy atom. The van der Waals surface area contributed by atoms with Gasteiger partial charge in [0.2, 0.25) is 5.91 Å². The van der Waals surface area contributed by atoms with Gasteiger partial charge in [-0.25, -0.2) is 0 Å². The lowest BCUT2D eigenvalue weighted by Crippen LogP contribution is -2.39. The maximum absolute atomic E-state index is 12.0. The van der Waals surface area contributed by atoms with Gasteiger partial charge in [-0.2, -0.15) is 0 Å². The first kappa shape index (κ1) is 16.4. The van der Waals surface area contributed by atoms with Crippen molar-refractivity contribution in [3.8, 4) is 0 Å². The molecule has 0 aliphatic heterocycles. The Morgan fingerprint density at radius 3 is 2.30 bits per heavy atom. The zero-order valence-corrected chi connectivity index (χ0v) is 12.6. The Balaban J connectivity index is 2.52. The minimum Gasteiger partial charge on any atom is -0.342 e. The van der Waals surface area contributed by atoms with Crippen LogP contribution in [0, 0.1) is 0 Å². The number of carbonyl (C=O) groups excluding carboxylic acids is 2. The third-order valence-electron chi connectivity index (χ3n) is 3.65. The van der Waals surface area contributed by atoms with E-state index in [0.29, 0.717) is 12.1 Å². The lowest BCUT2D eigenvalue weighted by atomic mass is 10.0. The first-order valence-corrected chi connectivity index (χ1v) is 7.07. The second-order valence-corrected chi connectivity index (χ2v) is 5.06. The van der Waals surface area contributed by atoms with Crippen molar-refractivity contribution in [3.05, 3.63) is 35.4 Å². The van der Waals surface area contributed by atoms with Gasteiger partial charge < -0.3 is 10.6 Å². The molecule has 1 aromatic carbocycles. The second-order valence-electron chi connectivity index (χ2n) is 5.06. The molecule has 1 atom stereocenters. The molecule has 4 heteroatoms. The van der Waals surface area contributed by atoms with Crippen molar-refractivity contribution in [1.29, 1.82) is 0 Å². The number of amides is 1. The van der Waals surface area contributed by atoms with Crippen LogP contribution in [-0.4, -0.2) is 36.2 Å². The molecule has 0 aliphatic carbocycles. The van der Waals surface area contributed by atoms with Crippen molar-refractivity contribution < 1.29 is 9.59 Å². The van der Waals surface area contributed by atoms with E-state index in [4.69, 9.17) is 5.73 Å². The number of ketones is 1. The summed E-state index contributed by atoms with van der Waals surface area (Å²) in [6, 6.07) is 7.58. The molecule has 0 fully saturated rings. The van der Waals surface area contributed by atoms with E-state index in [-0.39, 0.29) is 30.6 Å². The van der Waals surface area contributed by atoms with Crippen LogP contribution >= 0.6 is 0 Å². The van der Waals surface area contributed by atoms with Gasteiger partial charge in [-0.3, -0.25) is 9.59 Å². The molecule has 0 bridgehead atoms. The fourth-order valence-corrected chi connectivity index (χ4v) is 1.87. The maximum atomic E-state index is 12.0. The fourth-order valence-electron chi connectivity index (χ4n) is 1.87. The Bertz CT molecular complexity index is 454. The largest absolute Gasteiger partial charge is 0.342 e. The molecule has 4 nitrogen and oxygen atoms in total. The summed E-state index contributed by atoms with van der Waals surface area (Å²) in [7, 11) is 1.72. The quantitative estimate of drug-likeness (QED) is 0.775. The molecule has 0 spiro atoms. The number of Topliss-reactive ketones (excluding diaryl/α,β-unsaturated/α-hetero) is 1. The van der Waals surface area contributed by atoms with Crippen LogP contribution < -0.4 is 5.73 Å². The highest BCUT2D eigenvalue weighted by Crippen LogP contribution is 2.10. The van der Waals surface area contributed by atoms with E-state index in [1.807, 2.05) is 31.2 Å². The maximum Gasteiger partial charge on any atom is 0.223 e. The van der Waals surface area contributed by atoms with E-state index in [1.165, 1.54) is 5.56 Å². The van der Waals surface area contributed by atoms with Gasteiger partial charge in [0.15, 0.2) is 5.78 Å². The number of carbonyl (C=O) groups is 2. The van der Waals surface area contributed by atoms with Crippen molar-refractivity contribution in [1.82, 2.24) is 4.90 Å². The summed E-state index contributed by atoms with van der Waals surface area (Å²) in [5.74, 6) is -0.0312. The Morgan fingerprint density at radius 1 is 1.20 bits per heavy atom. The molecule has 1 unspecified atom stereocenters. The standard InChI is InChI=1S/C16H24N2O2/c1-4-13-5-7-14(8-6-13)15(19)9-10-16(20)18(3)12(2)11-17/h5-8,12H,4,9-11,17H2,1-3H3. The number of hydrogen-bond donors (Lipinski definition) is 1. The van der Waals surface area contributed by atoms with Gasteiger partial charge >= 0.3 is 0 Å². The van der Waals surface area contributed by atoms with Crippen LogP contribution in [-0.2, 0) is 11.2 Å². The SMILES string of the molecule is CCc1ccc(C(=O)CCC(=O)N(C)C(C)CN)cc1. The molecule has 20 heavy (non-hydrogen) atoms. The van der Waals surface area contributed by atoms with Gasteiger partial charge in [-0.15, -0.1) is 0 Å².